The average Bonchev–Trinajstić information content (AvgIpc) is 2.42. The number of carbonyl (C=O) groups is 1. The summed E-state index contributed by atoms with van der Waals surface area (Å²) in [6.45, 7) is 1.84. The largest absolute Gasteiger partial charge is 0.477 e. The molecule has 0 bridgehead atoms. The van der Waals surface area contributed by atoms with Crippen LogP contribution in [0.2, 0.25) is 0 Å². The van der Waals surface area contributed by atoms with Crippen LogP contribution >= 0.6 is 15.9 Å². The zero-order valence-electron chi connectivity index (χ0n) is 10.7. The number of aryl methyl sites for hydroxylation is 1. The first-order valence-electron chi connectivity index (χ1n) is 5.70. The summed E-state index contributed by atoms with van der Waals surface area (Å²) in [6.07, 6.45) is 1.55. The van der Waals surface area contributed by atoms with E-state index in [1.54, 1.807) is 12.3 Å². The Morgan fingerprint density at radius 3 is 2.71 bits per heavy atom. The summed E-state index contributed by atoms with van der Waals surface area (Å²) in [5, 5.41) is 19.8. The van der Waals surface area contributed by atoms with Crippen molar-refractivity contribution in [3.63, 3.8) is 0 Å². The van der Waals surface area contributed by atoms with Crippen LogP contribution < -0.4 is 4.74 Å². The highest BCUT2D eigenvalue weighted by atomic mass is 79.9. The predicted molar refractivity (Wildman–Crippen MR) is 76.8 cm³/mol. The molecule has 0 unspecified atom stereocenters. The molecule has 0 radical (unpaired) electrons. The second-order valence-electron chi connectivity index (χ2n) is 4.12. The molecule has 0 amide bonds. The Hall–Kier alpha value is -2.48. The number of pyridine rings is 1. The minimum Gasteiger partial charge on any atom is -0.477 e. The van der Waals surface area contributed by atoms with Crippen LogP contribution in [0.25, 0.3) is 0 Å². The molecule has 2 aromatic rings. The Morgan fingerprint density at radius 2 is 2.14 bits per heavy atom. The van der Waals surface area contributed by atoms with Crippen LogP contribution in [0, 0.1) is 17.0 Å². The fourth-order valence-electron chi connectivity index (χ4n) is 1.60. The lowest BCUT2D eigenvalue weighted by Crippen LogP contribution is -2.03. The number of halogens is 1. The molecule has 2 rings (SSSR count). The molecule has 8 heteroatoms. The molecule has 0 atom stereocenters. The van der Waals surface area contributed by atoms with Gasteiger partial charge < -0.3 is 9.84 Å². The number of benzene rings is 1. The summed E-state index contributed by atoms with van der Waals surface area (Å²) >= 11 is 3.30. The molecular formula is C13H9BrN2O5. The molecule has 0 aliphatic carbocycles. The van der Waals surface area contributed by atoms with E-state index in [1.165, 1.54) is 6.07 Å². The van der Waals surface area contributed by atoms with Gasteiger partial charge in [0, 0.05) is 28.9 Å². The number of carboxylic acid groups (broad SMARTS) is 1. The van der Waals surface area contributed by atoms with Crippen LogP contribution in [0.4, 0.5) is 5.69 Å². The van der Waals surface area contributed by atoms with Gasteiger partial charge in [-0.1, -0.05) is 0 Å². The van der Waals surface area contributed by atoms with Gasteiger partial charge in [0.15, 0.2) is 0 Å². The lowest BCUT2D eigenvalue weighted by atomic mass is 10.1. The lowest BCUT2D eigenvalue weighted by molar-refractivity contribution is -0.385. The van der Waals surface area contributed by atoms with Gasteiger partial charge in [-0.2, -0.15) is 0 Å². The third-order valence-electron chi connectivity index (χ3n) is 2.64. The maximum atomic E-state index is 11.0. The minimum atomic E-state index is -1.40. The van der Waals surface area contributed by atoms with Crippen molar-refractivity contribution in [2.24, 2.45) is 0 Å². The molecule has 7 nitrogen and oxygen atoms in total. The van der Waals surface area contributed by atoms with Crippen LogP contribution in [0.1, 0.15) is 15.9 Å². The van der Waals surface area contributed by atoms with E-state index in [-0.39, 0.29) is 11.6 Å². The summed E-state index contributed by atoms with van der Waals surface area (Å²) < 4.78 is 6.23. The Morgan fingerprint density at radius 1 is 1.43 bits per heavy atom. The Labute approximate surface area is 127 Å². The predicted octanol–water partition coefficient (Wildman–Crippen LogP) is 3.55. The second kappa shape index (κ2) is 5.88. The molecule has 1 aromatic heterocycles. The zero-order chi connectivity index (χ0) is 15.6. The topological polar surface area (TPSA) is 103 Å². The molecule has 21 heavy (non-hydrogen) atoms. The van der Waals surface area contributed by atoms with Crippen LogP contribution in [0.3, 0.4) is 0 Å². The maximum absolute atomic E-state index is 11.0. The van der Waals surface area contributed by atoms with Crippen molar-refractivity contribution < 1.29 is 19.6 Å². The number of hydrogen-bond donors (Lipinski definition) is 1. The smallest absolute Gasteiger partial charge is 0.342 e. The number of aromatic nitrogens is 1. The lowest BCUT2D eigenvalue weighted by Gasteiger charge is -2.07. The number of hydrogen-bond acceptors (Lipinski definition) is 5. The van der Waals surface area contributed by atoms with E-state index >= 15 is 0 Å². The van der Waals surface area contributed by atoms with Gasteiger partial charge in [0.2, 0.25) is 5.88 Å². The number of carboxylic acids is 1. The van der Waals surface area contributed by atoms with E-state index in [4.69, 9.17) is 9.84 Å². The van der Waals surface area contributed by atoms with Gasteiger partial charge in [-0.3, -0.25) is 10.1 Å². The van der Waals surface area contributed by atoms with E-state index in [0.29, 0.717) is 0 Å². The summed E-state index contributed by atoms with van der Waals surface area (Å²) in [6, 6.07) is 5.17. The number of nitro benzene ring substituents is 1. The first kappa shape index (κ1) is 14.9. The Kier molecular flexibility index (Phi) is 4.18. The van der Waals surface area contributed by atoms with E-state index in [0.717, 1.165) is 22.2 Å². The van der Waals surface area contributed by atoms with Crippen molar-refractivity contribution in [3.05, 3.63) is 56.2 Å². The van der Waals surface area contributed by atoms with Crippen LogP contribution in [0.15, 0.2) is 34.9 Å². The minimum absolute atomic E-state index is 0.159. The fraction of sp³-hybridized carbons (Fsp3) is 0.0769. The highest BCUT2D eigenvalue weighted by molar-refractivity contribution is 9.10. The highest BCUT2D eigenvalue weighted by Gasteiger charge is 2.20. The summed E-state index contributed by atoms with van der Waals surface area (Å²) in [5.74, 6) is -0.972. The second-order valence-corrected chi connectivity index (χ2v) is 4.97. The number of nitro groups is 1. The number of nitrogens with zero attached hydrogens (tertiary/aromatic N) is 2. The third-order valence-corrected chi connectivity index (χ3v) is 3.47. The van der Waals surface area contributed by atoms with Gasteiger partial charge in [-0.05, 0) is 34.5 Å². The Balaban J connectivity index is 2.36. The summed E-state index contributed by atoms with van der Waals surface area (Å²) in [4.78, 5) is 25.1. The molecule has 0 saturated heterocycles. The molecule has 0 spiro atoms. The molecule has 0 saturated carbocycles. The highest BCUT2D eigenvalue weighted by Crippen LogP contribution is 2.28. The molecule has 0 aliphatic rings. The van der Waals surface area contributed by atoms with Crippen LogP contribution in [-0.4, -0.2) is 21.0 Å². The molecule has 0 fully saturated rings. The summed E-state index contributed by atoms with van der Waals surface area (Å²) in [7, 11) is 0. The summed E-state index contributed by atoms with van der Waals surface area (Å²) in [5.41, 5.74) is -0.0403. The van der Waals surface area contributed by atoms with Crippen molar-refractivity contribution >= 4 is 27.6 Å². The molecule has 108 valence electrons. The van der Waals surface area contributed by atoms with Crippen LogP contribution in [-0.2, 0) is 0 Å². The number of aromatic carboxylic acids is 1. The van der Waals surface area contributed by atoms with Gasteiger partial charge in [-0.25, -0.2) is 9.78 Å². The third kappa shape index (κ3) is 3.34. The number of ether oxygens (including phenoxy) is 1. The van der Waals surface area contributed by atoms with Gasteiger partial charge in [0.1, 0.15) is 11.3 Å². The van der Waals surface area contributed by atoms with Crippen LogP contribution in [0.5, 0.6) is 11.6 Å². The first-order valence-corrected chi connectivity index (χ1v) is 6.49. The molecule has 0 aliphatic heterocycles. The van der Waals surface area contributed by atoms with Gasteiger partial charge in [0.05, 0.1) is 4.92 Å². The van der Waals surface area contributed by atoms with Crippen molar-refractivity contribution in [2.45, 2.75) is 6.92 Å². The monoisotopic (exact) mass is 352 g/mol. The van der Waals surface area contributed by atoms with E-state index in [1.807, 2.05) is 6.92 Å². The van der Waals surface area contributed by atoms with Crippen molar-refractivity contribution in [1.82, 2.24) is 4.98 Å². The van der Waals surface area contributed by atoms with E-state index in [2.05, 4.69) is 20.9 Å². The normalized spacial score (nSPS) is 10.2. The molecule has 1 heterocycles. The van der Waals surface area contributed by atoms with Gasteiger partial charge >= 0.3 is 5.97 Å². The standard InChI is InChI=1S/C13H9BrN2O5/c1-7-4-12(15-6-10(7)14)21-8-2-3-11(16(19)20)9(5-8)13(17)18/h2-6H,1H3,(H,17,18). The van der Waals surface area contributed by atoms with Crippen molar-refractivity contribution in [2.75, 3.05) is 0 Å². The molecule has 1 N–H and O–H groups in total. The quantitative estimate of drug-likeness (QED) is 0.666. The van der Waals surface area contributed by atoms with Crippen molar-refractivity contribution in [3.8, 4) is 11.6 Å². The van der Waals surface area contributed by atoms with Gasteiger partial charge in [0.25, 0.3) is 5.69 Å². The number of rotatable bonds is 4. The first-order chi connectivity index (χ1) is 9.88. The van der Waals surface area contributed by atoms with E-state index < -0.39 is 22.1 Å². The molecular weight excluding hydrogens is 344 g/mol. The Bertz CT molecular complexity index is 732. The SMILES string of the molecule is Cc1cc(Oc2ccc([N+](=O)[O-])c(C(=O)O)c2)ncc1Br. The van der Waals surface area contributed by atoms with E-state index in [9.17, 15) is 14.9 Å². The average molecular weight is 353 g/mol. The zero-order valence-corrected chi connectivity index (χ0v) is 12.3. The molecule has 1 aromatic carbocycles. The maximum Gasteiger partial charge on any atom is 0.342 e. The van der Waals surface area contributed by atoms with Gasteiger partial charge in [-0.15, -0.1) is 0 Å². The fourth-order valence-corrected chi connectivity index (χ4v) is 1.82. The van der Waals surface area contributed by atoms with Crippen molar-refractivity contribution in [1.29, 1.82) is 0 Å².